The molecule has 0 bridgehead atoms. The van der Waals surface area contributed by atoms with Crippen LogP contribution in [0, 0.1) is 5.82 Å². The molecule has 0 atom stereocenters. The minimum Gasteiger partial charge on any atom is -0.347 e. The van der Waals surface area contributed by atoms with Gasteiger partial charge < -0.3 is 10.6 Å². The number of nitrogens with zero attached hydrogens (tertiary/aromatic N) is 1. The van der Waals surface area contributed by atoms with Gasteiger partial charge in [0.1, 0.15) is 5.82 Å². The van der Waals surface area contributed by atoms with Crippen LogP contribution in [0.3, 0.4) is 0 Å². The summed E-state index contributed by atoms with van der Waals surface area (Å²) >= 11 is 0. The molecule has 1 fully saturated rings. The zero-order chi connectivity index (χ0) is 20.1. The second kappa shape index (κ2) is 8.39. The summed E-state index contributed by atoms with van der Waals surface area (Å²) in [6, 6.07) is 12.2. The lowest BCUT2D eigenvalue weighted by Crippen LogP contribution is -2.36. The van der Waals surface area contributed by atoms with Gasteiger partial charge in [-0.15, -0.1) is 0 Å². The van der Waals surface area contributed by atoms with Gasteiger partial charge in [-0.3, -0.25) is 13.9 Å². The van der Waals surface area contributed by atoms with E-state index >= 15 is 0 Å². The monoisotopic (exact) mass is 405 g/mol. The number of anilines is 2. The highest BCUT2D eigenvalue weighted by Crippen LogP contribution is 2.26. The van der Waals surface area contributed by atoms with Crippen molar-refractivity contribution >= 4 is 33.2 Å². The van der Waals surface area contributed by atoms with E-state index in [0.29, 0.717) is 30.8 Å². The minimum absolute atomic E-state index is 0.0973. The van der Waals surface area contributed by atoms with E-state index in [1.165, 1.54) is 22.5 Å². The summed E-state index contributed by atoms with van der Waals surface area (Å²) in [6.45, 7) is 0.619. The standard InChI is InChI=1S/C19H20FN3O4S/c20-15-7-5-14(6-8-15)9-10-21-18(24)19(25)22-16-3-1-4-17(13-16)23-11-2-12-28(23,26)27/h1,3-8,13H,2,9-12H2,(H,21,24)(H,22,25). The second-order valence-corrected chi connectivity index (χ2v) is 8.39. The summed E-state index contributed by atoms with van der Waals surface area (Å²) < 4.78 is 38.2. The largest absolute Gasteiger partial charge is 0.347 e. The van der Waals surface area contributed by atoms with E-state index in [-0.39, 0.29) is 18.1 Å². The second-order valence-electron chi connectivity index (χ2n) is 6.38. The first-order chi connectivity index (χ1) is 13.3. The molecule has 2 aromatic carbocycles. The van der Waals surface area contributed by atoms with Crippen LogP contribution in [-0.4, -0.2) is 39.1 Å². The summed E-state index contributed by atoms with van der Waals surface area (Å²) in [5.74, 6) is -1.89. The molecule has 0 radical (unpaired) electrons. The van der Waals surface area contributed by atoms with Crippen molar-refractivity contribution in [2.45, 2.75) is 12.8 Å². The van der Waals surface area contributed by atoms with Crippen LogP contribution in [0.15, 0.2) is 48.5 Å². The number of carbonyl (C=O) groups is 2. The Morgan fingerprint density at radius 3 is 2.50 bits per heavy atom. The number of nitrogens with one attached hydrogen (secondary N) is 2. The normalized spacial score (nSPS) is 15.2. The summed E-state index contributed by atoms with van der Waals surface area (Å²) in [6.07, 6.45) is 1.01. The Morgan fingerprint density at radius 1 is 1.07 bits per heavy atom. The Morgan fingerprint density at radius 2 is 1.82 bits per heavy atom. The van der Waals surface area contributed by atoms with Crippen molar-refractivity contribution in [3.05, 3.63) is 59.9 Å². The third-order valence-electron chi connectivity index (χ3n) is 4.31. The summed E-state index contributed by atoms with van der Waals surface area (Å²) in [4.78, 5) is 24.0. The highest BCUT2D eigenvalue weighted by atomic mass is 32.2. The van der Waals surface area contributed by atoms with E-state index in [4.69, 9.17) is 0 Å². The highest BCUT2D eigenvalue weighted by molar-refractivity contribution is 7.93. The van der Waals surface area contributed by atoms with Crippen molar-refractivity contribution in [2.24, 2.45) is 0 Å². The third-order valence-corrected chi connectivity index (χ3v) is 6.18. The van der Waals surface area contributed by atoms with Gasteiger partial charge >= 0.3 is 11.8 Å². The van der Waals surface area contributed by atoms with E-state index in [1.54, 1.807) is 30.3 Å². The van der Waals surface area contributed by atoms with E-state index in [9.17, 15) is 22.4 Å². The molecule has 2 N–H and O–H groups in total. The van der Waals surface area contributed by atoms with Gasteiger partial charge in [0.25, 0.3) is 0 Å². The molecule has 2 aromatic rings. The highest BCUT2D eigenvalue weighted by Gasteiger charge is 2.28. The molecule has 1 heterocycles. The zero-order valence-electron chi connectivity index (χ0n) is 15.0. The average Bonchev–Trinajstić information content (AvgIpc) is 3.02. The maximum Gasteiger partial charge on any atom is 0.313 e. The predicted molar refractivity (Wildman–Crippen MR) is 104 cm³/mol. The topological polar surface area (TPSA) is 95.6 Å². The van der Waals surface area contributed by atoms with Crippen molar-refractivity contribution < 1.29 is 22.4 Å². The number of rotatable bonds is 5. The van der Waals surface area contributed by atoms with Crippen molar-refractivity contribution in [1.29, 1.82) is 0 Å². The molecule has 0 aromatic heterocycles. The van der Waals surface area contributed by atoms with Crippen molar-refractivity contribution in [1.82, 2.24) is 5.32 Å². The fourth-order valence-corrected chi connectivity index (χ4v) is 4.46. The van der Waals surface area contributed by atoms with Crippen molar-refractivity contribution in [3.8, 4) is 0 Å². The van der Waals surface area contributed by atoms with Crippen molar-refractivity contribution in [3.63, 3.8) is 0 Å². The number of amides is 2. The Hall–Kier alpha value is -2.94. The molecule has 7 nitrogen and oxygen atoms in total. The van der Waals surface area contributed by atoms with Gasteiger partial charge in [-0.2, -0.15) is 0 Å². The van der Waals surface area contributed by atoms with Crippen LogP contribution in [0.1, 0.15) is 12.0 Å². The Balaban J connectivity index is 1.54. The van der Waals surface area contributed by atoms with Gasteiger partial charge in [0.2, 0.25) is 10.0 Å². The van der Waals surface area contributed by atoms with Gasteiger partial charge in [0, 0.05) is 18.8 Å². The Labute approximate surface area is 162 Å². The molecule has 28 heavy (non-hydrogen) atoms. The quantitative estimate of drug-likeness (QED) is 0.740. The van der Waals surface area contributed by atoms with Crippen LogP contribution >= 0.6 is 0 Å². The Bertz CT molecular complexity index is 977. The maximum atomic E-state index is 12.9. The fourth-order valence-electron chi connectivity index (χ4n) is 2.91. The molecule has 1 aliphatic rings. The predicted octanol–water partition coefficient (Wildman–Crippen LogP) is 1.66. The number of hydrogen-bond acceptors (Lipinski definition) is 4. The van der Waals surface area contributed by atoms with Gasteiger partial charge in [-0.05, 0) is 48.7 Å². The molecule has 1 saturated heterocycles. The molecule has 1 aliphatic heterocycles. The molecule has 0 aliphatic carbocycles. The summed E-state index contributed by atoms with van der Waals surface area (Å²) in [7, 11) is -3.32. The summed E-state index contributed by atoms with van der Waals surface area (Å²) in [5.41, 5.74) is 1.62. The summed E-state index contributed by atoms with van der Waals surface area (Å²) in [5, 5.41) is 4.96. The molecule has 9 heteroatoms. The smallest absolute Gasteiger partial charge is 0.313 e. The van der Waals surface area contributed by atoms with Gasteiger partial charge in [0.15, 0.2) is 0 Å². The number of carbonyl (C=O) groups excluding carboxylic acids is 2. The molecule has 0 spiro atoms. The van der Waals surface area contributed by atoms with Crippen LogP contribution in [-0.2, 0) is 26.0 Å². The Kier molecular flexibility index (Phi) is 5.93. The molecule has 0 saturated carbocycles. The minimum atomic E-state index is -3.32. The number of sulfonamides is 1. The third kappa shape index (κ3) is 4.86. The van der Waals surface area contributed by atoms with Crippen LogP contribution in [0.5, 0.6) is 0 Å². The van der Waals surface area contributed by atoms with Crippen LogP contribution < -0.4 is 14.9 Å². The fraction of sp³-hybridized carbons (Fsp3) is 0.263. The van der Waals surface area contributed by atoms with E-state index in [1.807, 2.05) is 0 Å². The number of hydrogen-bond donors (Lipinski definition) is 2. The molecular weight excluding hydrogens is 385 g/mol. The zero-order valence-corrected chi connectivity index (χ0v) is 15.8. The first kappa shape index (κ1) is 19.8. The average molecular weight is 405 g/mol. The van der Waals surface area contributed by atoms with Crippen LogP contribution in [0.25, 0.3) is 0 Å². The molecule has 0 unspecified atom stereocenters. The SMILES string of the molecule is O=C(NCCc1ccc(F)cc1)C(=O)Nc1cccc(N2CCCS2(=O)=O)c1. The lowest BCUT2D eigenvalue weighted by Gasteiger charge is -2.17. The van der Waals surface area contributed by atoms with Gasteiger partial charge in [0.05, 0.1) is 11.4 Å². The van der Waals surface area contributed by atoms with E-state index in [0.717, 1.165) is 5.56 Å². The maximum absolute atomic E-state index is 12.9. The van der Waals surface area contributed by atoms with Crippen LogP contribution in [0.2, 0.25) is 0 Å². The molecule has 3 rings (SSSR count). The number of benzene rings is 2. The molecule has 2 amide bonds. The number of halogens is 1. The lowest BCUT2D eigenvalue weighted by molar-refractivity contribution is -0.136. The first-order valence-electron chi connectivity index (χ1n) is 8.79. The van der Waals surface area contributed by atoms with Gasteiger partial charge in [-0.1, -0.05) is 18.2 Å². The lowest BCUT2D eigenvalue weighted by atomic mass is 10.1. The first-order valence-corrected chi connectivity index (χ1v) is 10.4. The van der Waals surface area contributed by atoms with E-state index < -0.39 is 21.8 Å². The van der Waals surface area contributed by atoms with Gasteiger partial charge in [-0.25, -0.2) is 12.8 Å². The van der Waals surface area contributed by atoms with Crippen molar-refractivity contribution in [2.75, 3.05) is 28.5 Å². The van der Waals surface area contributed by atoms with E-state index in [2.05, 4.69) is 10.6 Å². The molecular formula is C19H20FN3O4S. The van der Waals surface area contributed by atoms with Crippen LogP contribution in [0.4, 0.5) is 15.8 Å². The molecule has 148 valence electrons.